The second-order valence-corrected chi connectivity index (χ2v) is 14.7. The number of para-hydroxylation sites is 1. The summed E-state index contributed by atoms with van der Waals surface area (Å²) in [4.78, 5) is 44.7. The second kappa shape index (κ2) is 28.8. The first-order chi connectivity index (χ1) is 32.4. The molecule has 29 heteroatoms. The maximum atomic E-state index is 12.5. The molecule has 0 aliphatic rings. The van der Waals surface area contributed by atoms with Crippen LogP contribution in [0, 0.1) is 34.1 Å². The Bertz CT molecular complexity index is 2880. The maximum absolute atomic E-state index is 12.5. The van der Waals surface area contributed by atoms with Gasteiger partial charge in [0, 0.05) is 55.7 Å². The third-order valence-electron chi connectivity index (χ3n) is 8.36. The Balaban J connectivity index is 0.00000106. The van der Waals surface area contributed by atoms with Crippen LogP contribution in [0.15, 0.2) is 126 Å². The fraction of sp³-hybridized carbons (Fsp3) is 0.250. The van der Waals surface area contributed by atoms with Crippen LogP contribution < -0.4 is 21.8 Å². The molecule has 370 valence electrons. The molecular weight excluding hydrogens is 973 g/mol. The van der Waals surface area contributed by atoms with Gasteiger partial charge in [-0.3, -0.25) is 24.8 Å². The van der Waals surface area contributed by atoms with Crippen LogP contribution in [-0.2, 0) is 27.5 Å². The fourth-order valence-electron chi connectivity index (χ4n) is 5.10. The van der Waals surface area contributed by atoms with Crippen LogP contribution >= 0.6 is 0 Å². The number of non-ortho nitro benzene ring substituents is 2. The Kier molecular flexibility index (Phi) is 24.1. The quantitative estimate of drug-likeness (QED) is 0.0158. The van der Waals surface area contributed by atoms with Gasteiger partial charge >= 0.3 is 2.85 Å². The molecule has 0 atom stereocenters. The number of nitro groups is 2. The number of aliphatic hydroxyl groups excluding tert-OH is 4. The Morgan fingerprint density at radius 1 is 0.638 bits per heavy atom. The Labute approximate surface area is 404 Å². The number of azo groups is 2. The van der Waals surface area contributed by atoms with Gasteiger partial charge in [-0.1, -0.05) is 43.4 Å². The summed E-state index contributed by atoms with van der Waals surface area (Å²) in [6.45, 7) is 5.95. The predicted octanol–water partition coefficient (Wildman–Crippen LogP) is 3.17. The summed E-state index contributed by atoms with van der Waals surface area (Å²) in [7, 11) is -4.37. The van der Waals surface area contributed by atoms with Crippen molar-refractivity contribution in [2.45, 2.75) is 18.7 Å². The van der Waals surface area contributed by atoms with Crippen LogP contribution in [-0.4, -0.2) is 126 Å². The molecule has 2 aromatic heterocycles. The van der Waals surface area contributed by atoms with Crippen molar-refractivity contribution in [1.82, 2.24) is 30.2 Å². The van der Waals surface area contributed by atoms with Gasteiger partial charge < -0.3 is 61.1 Å². The topological polar surface area (TPSA) is 405 Å². The molecule has 0 aliphatic heterocycles. The van der Waals surface area contributed by atoms with E-state index in [-0.39, 0.29) is 97.0 Å². The SMILES string of the molecule is Cc1nn(-c2ccc(S(=O)(=O)O)cc2)c(=O)[c-]1N=Nc1ccc([N+](=O)[O-])cc1O.Cc1nn(-c2ccccc2)c(=O)[c-]1N=Nc1ccc([N+](=O)[O-])cc1O.OCCNCCO.OCCNCCO.[Cr].[H+].[H+]. The van der Waals surface area contributed by atoms with E-state index in [1.54, 1.807) is 31.2 Å². The van der Waals surface area contributed by atoms with Crippen LogP contribution in [0.5, 0.6) is 11.5 Å². The molecule has 6 aromatic rings. The first-order valence-corrected chi connectivity index (χ1v) is 21.1. The molecule has 0 saturated carbocycles. The number of phenols is 2. The van der Waals surface area contributed by atoms with Gasteiger partial charge in [0.05, 0.1) is 64.7 Å². The molecule has 0 fully saturated rings. The molecule has 4 aromatic carbocycles. The third-order valence-corrected chi connectivity index (χ3v) is 9.23. The smallest absolute Gasteiger partial charge is 0.505 e. The number of aryl methyl sites for hydroxylation is 2. The van der Waals surface area contributed by atoms with E-state index < -0.39 is 42.6 Å². The number of aromatic nitrogens is 4. The summed E-state index contributed by atoms with van der Waals surface area (Å²) in [5.74, 6) is -0.889. The first kappa shape index (κ1) is 57.8. The predicted molar refractivity (Wildman–Crippen MR) is 244 cm³/mol. The molecule has 0 bridgehead atoms. The van der Waals surface area contributed by atoms with Crippen molar-refractivity contribution in [3.63, 3.8) is 0 Å². The van der Waals surface area contributed by atoms with E-state index in [2.05, 4.69) is 41.3 Å². The molecule has 0 saturated heterocycles. The molecule has 0 amide bonds. The second-order valence-electron chi connectivity index (χ2n) is 13.3. The molecule has 0 aliphatic carbocycles. The van der Waals surface area contributed by atoms with Crippen molar-refractivity contribution < 1.29 is 73.7 Å². The van der Waals surface area contributed by atoms with Gasteiger partial charge in [0.15, 0.2) is 0 Å². The number of nitro benzene ring substituents is 2. The Morgan fingerprint density at radius 3 is 1.32 bits per heavy atom. The minimum absolute atomic E-state index is 0. The molecule has 0 unspecified atom stereocenters. The van der Waals surface area contributed by atoms with E-state index in [4.69, 9.17) is 25.0 Å². The number of benzene rings is 4. The first-order valence-electron chi connectivity index (χ1n) is 19.7. The van der Waals surface area contributed by atoms with Crippen LogP contribution in [0.25, 0.3) is 11.4 Å². The molecule has 0 spiro atoms. The molecule has 27 nitrogen and oxygen atoms in total. The minimum Gasteiger partial charge on any atom is -0.505 e. The van der Waals surface area contributed by atoms with Gasteiger partial charge in [-0.15, -0.1) is 11.4 Å². The number of hydrogen-bond donors (Lipinski definition) is 9. The summed E-state index contributed by atoms with van der Waals surface area (Å²) < 4.78 is 33.4. The molecular formula is C40H48CrN12O15S. The van der Waals surface area contributed by atoms with E-state index >= 15 is 0 Å². The Morgan fingerprint density at radius 2 is 1.00 bits per heavy atom. The van der Waals surface area contributed by atoms with Gasteiger partial charge in [0.2, 0.25) is 0 Å². The average Bonchev–Trinajstić information content (AvgIpc) is 3.77. The third kappa shape index (κ3) is 17.7. The van der Waals surface area contributed by atoms with Gasteiger partial charge in [-0.25, -0.2) is 19.6 Å². The molecule has 9 N–H and O–H groups in total. The summed E-state index contributed by atoms with van der Waals surface area (Å²) in [6.07, 6.45) is 0. The van der Waals surface area contributed by atoms with Crippen LogP contribution in [0.1, 0.15) is 14.2 Å². The average molecular weight is 1020 g/mol. The number of hydrogen-bond acceptors (Lipinski definition) is 22. The van der Waals surface area contributed by atoms with E-state index in [9.17, 15) is 48.4 Å². The van der Waals surface area contributed by atoms with Crippen molar-refractivity contribution in [2.24, 2.45) is 20.5 Å². The molecule has 2 heterocycles. The van der Waals surface area contributed by atoms with Crippen molar-refractivity contribution in [3.05, 3.63) is 143 Å². The zero-order valence-corrected chi connectivity index (χ0v) is 38.6. The van der Waals surface area contributed by atoms with Crippen molar-refractivity contribution in [1.29, 1.82) is 0 Å². The van der Waals surface area contributed by atoms with E-state index in [0.717, 1.165) is 35.0 Å². The molecule has 0 radical (unpaired) electrons. The number of phenolic OH excluding ortho intramolecular Hbond substituents is 2. The van der Waals surface area contributed by atoms with Gasteiger partial charge in [-0.05, 0) is 48.5 Å². The van der Waals surface area contributed by atoms with Crippen LogP contribution in [0.4, 0.5) is 34.1 Å². The number of rotatable bonds is 17. The molecule has 69 heavy (non-hydrogen) atoms. The van der Waals surface area contributed by atoms with Gasteiger partial charge in [-0.2, -0.15) is 18.6 Å². The number of nitrogens with one attached hydrogen (secondary N) is 2. The fourth-order valence-corrected chi connectivity index (χ4v) is 5.58. The molecule has 6 rings (SSSR count). The zero-order valence-electron chi connectivity index (χ0n) is 38.5. The number of aromatic hydroxyl groups is 2. The van der Waals surface area contributed by atoms with E-state index in [1.807, 2.05) is 6.07 Å². The van der Waals surface area contributed by atoms with Crippen LogP contribution in [0.2, 0.25) is 0 Å². The number of aliphatic hydroxyl groups is 4. The van der Waals surface area contributed by atoms with E-state index in [1.165, 1.54) is 41.9 Å². The van der Waals surface area contributed by atoms with Crippen LogP contribution in [0.3, 0.4) is 0 Å². The Hall–Kier alpha value is -7.30. The standard InChI is InChI=1S/C16H12N5O7S.C16H12N5O4.2C4H11NO2.Cr/c1-9-15(18-17-13-7-4-11(21(24)25)8-14(13)22)16(23)20(19-9)10-2-5-12(6-3-10)29(26,27)28;1-10-15(16(23)20(19-10)11-5-3-2-4-6-11)18-17-13-8-7-12(21(24)25)9-14(13)22;2*6-3-1-5-2-4-7;/h2-8,22H,1H3,(H,26,27,28);2-9,22H,1H3;2*5-7H,1-4H2;/q2*-1;;;/p+2. The summed E-state index contributed by atoms with van der Waals surface area (Å²) in [6, 6.07) is 20.2. The largest absolute Gasteiger partial charge is 1.00 e. The van der Waals surface area contributed by atoms with Gasteiger partial charge in [0.25, 0.3) is 21.5 Å². The van der Waals surface area contributed by atoms with Crippen molar-refractivity contribution in [3.8, 4) is 22.9 Å². The van der Waals surface area contributed by atoms with Crippen molar-refractivity contribution >= 4 is 44.2 Å². The summed E-state index contributed by atoms with van der Waals surface area (Å²) in [5.41, 5.74) is -0.489. The monoisotopic (exact) mass is 1020 g/mol. The summed E-state index contributed by atoms with van der Waals surface area (Å²) in [5, 5.41) is 102. The normalized spacial score (nSPS) is 10.9. The summed E-state index contributed by atoms with van der Waals surface area (Å²) >= 11 is 0. The zero-order chi connectivity index (χ0) is 50.4. The van der Waals surface area contributed by atoms with Crippen molar-refractivity contribution in [2.75, 3.05) is 52.6 Å². The minimum atomic E-state index is -4.37. The van der Waals surface area contributed by atoms with Gasteiger partial charge in [0.1, 0.15) is 34.0 Å². The maximum Gasteiger partial charge on any atom is 1.00 e. The number of nitrogens with zero attached hydrogens (tertiary/aromatic N) is 10. The van der Waals surface area contributed by atoms with E-state index in [0.29, 0.717) is 37.6 Å².